The Labute approximate surface area is 106 Å². The lowest BCUT2D eigenvalue weighted by molar-refractivity contribution is 0.525. The van der Waals surface area contributed by atoms with Gasteiger partial charge in [-0.2, -0.15) is 16.9 Å². The van der Waals surface area contributed by atoms with Crippen LogP contribution in [0.1, 0.15) is 37.9 Å². The van der Waals surface area contributed by atoms with Gasteiger partial charge >= 0.3 is 0 Å². The molecule has 2 N–H and O–H groups in total. The van der Waals surface area contributed by atoms with E-state index in [9.17, 15) is 0 Å². The highest BCUT2D eigenvalue weighted by Crippen LogP contribution is 2.36. The summed E-state index contributed by atoms with van der Waals surface area (Å²) in [7, 11) is 0. The van der Waals surface area contributed by atoms with Gasteiger partial charge in [0.25, 0.3) is 0 Å². The third-order valence-corrected chi connectivity index (χ3v) is 4.72. The first kappa shape index (κ1) is 12.3. The normalized spacial score (nSPS) is 22.6. The molecule has 2 rings (SSSR count). The van der Waals surface area contributed by atoms with Gasteiger partial charge in [0.1, 0.15) is 0 Å². The van der Waals surface area contributed by atoms with Gasteiger partial charge in [-0.3, -0.25) is 4.68 Å². The van der Waals surface area contributed by atoms with E-state index in [2.05, 4.69) is 12.0 Å². The van der Waals surface area contributed by atoms with Crippen LogP contribution >= 0.6 is 23.4 Å². The van der Waals surface area contributed by atoms with Gasteiger partial charge in [-0.05, 0) is 25.0 Å². The average Bonchev–Trinajstić information content (AvgIpc) is 2.88. The zero-order chi connectivity index (χ0) is 11.5. The van der Waals surface area contributed by atoms with Crippen LogP contribution in [0.2, 0.25) is 5.02 Å². The van der Waals surface area contributed by atoms with E-state index in [4.69, 9.17) is 17.3 Å². The molecule has 0 radical (unpaired) electrons. The Kier molecular flexibility index (Phi) is 4.16. The minimum absolute atomic E-state index is 0.0223. The highest BCUT2D eigenvalue weighted by molar-refractivity contribution is 8.00. The minimum Gasteiger partial charge on any atom is -0.322 e. The summed E-state index contributed by atoms with van der Waals surface area (Å²) < 4.78 is 1.96. The second-order valence-electron chi connectivity index (χ2n) is 4.18. The van der Waals surface area contributed by atoms with Gasteiger partial charge in [0.2, 0.25) is 0 Å². The van der Waals surface area contributed by atoms with E-state index in [-0.39, 0.29) is 6.04 Å². The average molecular weight is 260 g/mol. The fourth-order valence-electron chi connectivity index (χ4n) is 2.16. The van der Waals surface area contributed by atoms with Crippen LogP contribution in [-0.2, 0) is 6.54 Å². The number of rotatable bonds is 4. The SMILES string of the molecule is CCCn1ncc(Cl)c1C(N)C1CCCS1. The first-order chi connectivity index (χ1) is 7.74. The maximum absolute atomic E-state index is 6.31. The molecule has 2 heterocycles. The molecule has 0 aliphatic carbocycles. The van der Waals surface area contributed by atoms with Gasteiger partial charge in [-0.25, -0.2) is 0 Å². The third kappa shape index (κ3) is 2.39. The molecule has 0 amide bonds. The Morgan fingerprint density at radius 1 is 1.75 bits per heavy atom. The van der Waals surface area contributed by atoms with E-state index in [0.717, 1.165) is 18.7 Å². The summed E-state index contributed by atoms with van der Waals surface area (Å²) in [5, 5.41) is 5.51. The molecule has 1 aliphatic heterocycles. The van der Waals surface area contributed by atoms with E-state index < -0.39 is 0 Å². The van der Waals surface area contributed by atoms with E-state index in [0.29, 0.717) is 10.3 Å². The summed E-state index contributed by atoms with van der Waals surface area (Å²) in [6.07, 6.45) is 5.23. The molecule has 1 aromatic rings. The van der Waals surface area contributed by atoms with Crippen molar-refractivity contribution in [2.45, 2.75) is 44.0 Å². The van der Waals surface area contributed by atoms with Gasteiger partial charge in [0, 0.05) is 11.8 Å². The highest BCUT2D eigenvalue weighted by atomic mass is 35.5. The van der Waals surface area contributed by atoms with Crippen molar-refractivity contribution >= 4 is 23.4 Å². The van der Waals surface area contributed by atoms with Crippen molar-refractivity contribution in [2.24, 2.45) is 5.73 Å². The minimum atomic E-state index is 0.0223. The number of nitrogens with zero attached hydrogens (tertiary/aromatic N) is 2. The molecule has 16 heavy (non-hydrogen) atoms. The summed E-state index contributed by atoms with van der Waals surface area (Å²) in [4.78, 5) is 0. The molecule has 1 aromatic heterocycles. The molecule has 90 valence electrons. The quantitative estimate of drug-likeness (QED) is 0.904. The van der Waals surface area contributed by atoms with Crippen LogP contribution in [0, 0.1) is 0 Å². The molecule has 0 saturated carbocycles. The Bertz CT molecular complexity index is 347. The highest BCUT2D eigenvalue weighted by Gasteiger charge is 2.28. The number of hydrogen-bond donors (Lipinski definition) is 1. The number of aromatic nitrogens is 2. The summed E-state index contributed by atoms with van der Waals surface area (Å²) >= 11 is 8.14. The van der Waals surface area contributed by atoms with Crippen LogP contribution in [-0.4, -0.2) is 20.8 Å². The molecule has 3 nitrogen and oxygen atoms in total. The Balaban J connectivity index is 2.19. The van der Waals surface area contributed by atoms with Crippen LogP contribution in [0.3, 0.4) is 0 Å². The van der Waals surface area contributed by atoms with Crippen molar-refractivity contribution < 1.29 is 0 Å². The molecule has 0 aromatic carbocycles. The molecule has 0 spiro atoms. The topological polar surface area (TPSA) is 43.8 Å². The van der Waals surface area contributed by atoms with Crippen molar-refractivity contribution in [3.05, 3.63) is 16.9 Å². The Morgan fingerprint density at radius 3 is 3.19 bits per heavy atom. The van der Waals surface area contributed by atoms with E-state index in [1.54, 1.807) is 6.20 Å². The fourth-order valence-corrected chi connectivity index (χ4v) is 3.73. The van der Waals surface area contributed by atoms with Crippen molar-refractivity contribution in [3.63, 3.8) is 0 Å². The number of thioether (sulfide) groups is 1. The summed E-state index contributed by atoms with van der Waals surface area (Å²) in [5.41, 5.74) is 7.33. The number of aryl methyl sites for hydroxylation is 1. The van der Waals surface area contributed by atoms with Gasteiger partial charge in [-0.15, -0.1) is 0 Å². The van der Waals surface area contributed by atoms with Crippen LogP contribution in [0.25, 0.3) is 0 Å². The molecule has 1 saturated heterocycles. The van der Waals surface area contributed by atoms with Gasteiger partial charge in [0.05, 0.1) is 23.0 Å². The van der Waals surface area contributed by atoms with E-state index >= 15 is 0 Å². The monoisotopic (exact) mass is 259 g/mol. The van der Waals surface area contributed by atoms with Gasteiger partial charge in [0.15, 0.2) is 0 Å². The maximum atomic E-state index is 6.31. The molecule has 1 aliphatic rings. The second-order valence-corrected chi connectivity index (χ2v) is 5.93. The molecule has 2 unspecified atom stereocenters. The molecule has 5 heteroatoms. The lowest BCUT2D eigenvalue weighted by Gasteiger charge is -2.20. The van der Waals surface area contributed by atoms with E-state index in [1.165, 1.54) is 18.6 Å². The molecule has 0 bridgehead atoms. The summed E-state index contributed by atoms with van der Waals surface area (Å²) in [6.45, 7) is 3.03. The predicted octanol–water partition coefficient (Wildman–Crippen LogP) is 2.84. The largest absolute Gasteiger partial charge is 0.322 e. The predicted molar refractivity (Wildman–Crippen MR) is 69.9 cm³/mol. The van der Waals surface area contributed by atoms with Crippen LogP contribution in [0.15, 0.2) is 6.20 Å². The Hall–Kier alpha value is -0.190. The lowest BCUT2D eigenvalue weighted by Crippen LogP contribution is -2.25. The summed E-state index contributed by atoms with van der Waals surface area (Å²) in [5.74, 6) is 1.22. The van der Waals surface area contributed by atoms with Crippen LogP contribution < -0.4 is 5.73 Å². The van der Waals surface area contributed by atoms with E-state index in [1.807, 2.05) is 16.4 Å². The summed E-state index contributed by atoms with van der Waals surface area (Å²) in [6, 6.07) is 0.0223. The smallest absolute Gasteiger partial charge is 0.0834 e. The van der Waals surface area contributed by atoms with Crippen molar-refractivity contribution in [3.8, 4) is 0 Å². The number of halogens is 1. The molecular weight excluding hydrogens is 242 g/mol. The van der Waals surface area contributed by atoms with Gasteiger partial charge < -0.3 is 5.73 Å². The second kappa shape index (κ2) is 5.43. The molecule has 2 atom stereocenters. The first-order valence-corrected chi connectivity index (χ1v) is 7.25. The maximum Gasteiger partial charge on any atom is 0.0834 e. The van der Waals surface area contributed by atoms with Crippen LogP contribution in [0.5, 0.6) is 0 Å². The molecule has 1 fully saturated rings. The van der Waals surface area contributed by atoms with Crippen LogP contribution in [0.4, 0.5) is 0 Å². The Morgan fingerprint density at radius 2 is 2.56 bits per heavy atom. The van der Waals surface area contributed by atoms with Crippen molar-refractivity contribution in [2.75, 3.05) is 5.75 Å². The fraction of sp³-hybridized carbons (Fsp3) is 0.727. The van der Waals surface area contributed by atoms with Gasteiger partial charge in [-0.1, -0.05) is 18.5 Å². The number of nitrogens with two attached hydrogens (primary N) is 1. The third-order valence-electron chi connectivity index (χ3n) is 2.95. The molecular formula is C11H18ClN3S. The number of hydrogen-bond acceptors (Lipinski definition) is 3. The van der Waals surface area contributed by atoms with Crippen molar-refractivity contribution in [1.82, 2.24) is 9.78 Å². The first-order valence-electron chi connectivity index (χ1n) is 5.82. The zero-order valence-corrected chi connectivity index (χ0v) is 11.1. The standard InChI is InChI=1S/C11H18ClN3S/c1-2-5-15-11(8(12)7-14-15)10(13)9-4-3-6-16-9/h7,9-10H,2-6,13H2,1H3. The van der Waals surface area contributed by atoms with Crippen molar-refractivity contribution in [1.29, 1.82) is 0 Å². The lowest BCUT2D eigenvalue weighted by atomic mass is 10.1. The zero-order valence-electron chi connectivity index (χ0n) is 9.53.